The SMILES string of the molecule is CN=C(NCCS(=O)(=O)N1CCOCC1)N1CC=C(c2ccccc2)CC1. The highest BCUT2D eigenvalue weighted by molar-refractivity contribution is 7.89. The van der Waals surface area contributed by atoms with E-state index in [2.05, 4.69) is 45.6 Å². The van der Waals surface area contributed by atoms with Crippen molar-refractivity contribution in [2.45, 2.75) is 6.42 Å². The largest absolute Gasteiger partial charge is 0.379 e. The van der Waals surface area contributed by atoms with Crippen LogP contribution in [-0.2, 0) is 14.8 Å². The summed E-state index contributed by atoms with van der Waals surface area (Å²) in [6.07, 6.45) is 3.16. The van der Waals surface area contributed by atoms with Gasteiger partial charge in [-0.15, -0.1) is 0 Å². The van der Waals surface area contributed by atoms with E-state index in [-0.39, 0.29) is 5.75 Å². The van der Waals surface area contributed by atoms with Crippen LogP contribution in [-0.4, -0.2) is 82.3 Å². The van der Waals surface area contributed by atoms with Gasteiger partial charge in [0, 0.05) is 39.8 Å². The summed E-state index contributed by atoms with van der Waals surface area (Å²) in [6, 6.07) is 10.4. The Bertz CT molecular complexity index is 771. The van der Waals surface area contributed by atoms with E-state index in [1.54, 1.807) is 7.05 Å². The van der Waals surface area contributed by atoms with Crippen molar-refractivity contribution in [2.24, 2.45) is 4.99 Å². The minimum Gasteiger partial charge on any atom is -0.379 e. The number of guanidine groups is 1. The molecule has 1 fully saturated rings. The molecule has 0 unspecified atom stereocenters. The van der Waals surface area contributed by atoms with E-state index in [4.69, 9.17) is 4.74 Å². The zero-order valence-electron chi connectivity index (χ0n) is 15.8. The fourth-order valence-electron chi connectivity index (χ4n) is 3.35. The number of morpholine rings is 1. The summed E-state index contributed by atoms with van der Waals surface area (Å²) in [7, 11) is -1.53. The molecule has 0 amide bonds. The van der Waals surface area contributed by atoms with Crippen LogP contribution >= 0.6 is 0 Å². The predicted molar refractivity (Wildman–Crippen MR) is 108 cm³/mol. The van der Waals surface area contributed by atoms with E-state index >= 15 is 0 Å². The van der Waals surface area contributed by atoms with Gasteiger partial charge in [-0.25, -0.2) is 8.42 Å². The predicted octanol–water partition coefficient (Wildman–Crippen LogP) is 1.01. The summed E-state index contributed by atoms with van der Waals surface area (Å²) >= 11 is 0. The van der Waals surface area contributed by atoms with E-state index in [1.165, 1.54) is 15.4 Å². The van der Waals surface area contributed by atoms with Crippen molar-refractivity contribution in [3.05, 3.63) is 42.0 Å². The topological polar surface area (TPSA) is 74.2 Å². The van der Waals surface area contributed by atoms with Crippen molar-refractivity contribution in [1.29, 1.82) is 0 Å². The lowest BCUT2D eigenvalue weighted by atomic mass is 10.00. The average Bonchev–Trinajstić information content (AvgIpc) is 2.73. The molecule has 0 saturated carbocycles. The van der Waals surface area contributed by atoms with Crippen molar-refractivity contribution in [2.75, 3.05) is 58.7 Å². The van der Waals surface area contributed by atoms with Crippen LogP contribution in [0.1, 0.15) is 12.0 Å². The lowest BCUT2D eigenvalue weighted by Gasteiger charge is -2.30. The molecule has 0 bridgehead atoms. The third kappa shape index (κ3) is 5.31. The molecule has 0 atom stereocenters. The maximum atomic E-state index is 12.4. The molecule has 1 N–H and O–H groups in total. The lowest BCUT2D eigenvalue weighted by molar-refractivity contribution is 0.0730. The van der Waals surface area contributed by atoms with Gasteiger partial charge in [0.25, 0.3) is 0 Å². The van der Waals surface area contributed by atoms with Gasteiger partial charge in [-0.1, -0.05) is 36.4 Å². The van der Waals surface area contributed by atoms with E-state index in [9.17, 15) is 8.42 Å². The van der Waals surface area contributed by atoms with Gasteiger partial charge in [0.2, 0.25) is 10.0 Å². The van der Waals surface area contributed by atoms with Crippen LogP contribution in [0.25, 0.3) is 5.57 Å². The first-order chi connectivity index (χ1) is 13.1. The lowest BCUT2D eigenvalue weighted by Crippen LogP contribution is -2.47. The zero-order chi connectivity index (χ0) is 19.1. The highest BCUT2D eigenvalue weighted by Gasteiger charge is 2.24. The van der Waals surface area contributed by atoms with Gasteiger partial charge in [-0.3, -0.25) is 4.99 Å². The second kappa shape index (κ2) is 9.34. The molecule has 0 aliphatic carbocycles. The van der Waals surface area contributed by atoms with Gasteiger partial charge < -0.3 is 15.0 Å². The fraction of sp³-hybridized carbons (Fsp3) is 0.526. The maximum Gasteiger partial charge on any atom is 0.215 e. The van der Waals surface area contributed by atoms with Crippen LogP contribution in [0.3, 0.4) is 0 Å². The quantitative estimate of drug-likeness (QED) is 0.598. The Morgan fingerprint density at radius 3 is 2.56 bits per heavy atom. The number of benzene rings is 1. The molecule has 2 aliphatic heterocycles. The molecule has 0 spiro atoms. The van der Waals surface area contributed by atoms with Crippen molar-refractivity contribution < 1.29 is 13.2 Å². The fourth-order valence-corrected chi connectivity index (χ4v) is 4.68. The van der Waals surface area contributed by atoms with Crippen molar-refractivity contribution >= 4 is 21.6 Å². The number of sulfonamides is 1. The standard InChI is InChI=1S/C19H28N4O3S/c1-20-19(21-9-16-27(24,25)23-12-14-26-15-13-23)22-10-7-18(8-11-22)17-5-3-2-4-6-17/h2-7H,8-16H2,1H3,(H,20,21). The molecular weight excluding hydrogens is 364 g/mol. The van der Waals surface area contributed by atoms with Gasteiger partial charge in [-0.05, 0) is 17.6 Å². The first-order valence-electron chi connectivity index (χ1n) is 9.36. The van der Waals surface area contributed by atoms with Gasteiger partial charge in [0.15, 0.2) is 5.96 Å². The van der Waals surface area contributed by atoms with Crippen LogP contribution in [0.2, 0.25) is 0 Å². The maximum absolute atomic E-state index is 12.4. The van der Waals surface area contributed by atoms with Gasteiger partial charge in [-0.2, -0.15) is 4.31 Å². The Balaban J connectivity index is 1.50. The smallest absolute Gasteiger partial charge is 0.215 e. The van der Waals surface area contributed by atoms with Crippen LogP contribution in [0.5, 0.6) is 0 Å². The number of nitrogens with zero attached hydrogens (tertiary/aromatic N) is 3. The van der Waals surface area contributed by atoms with Crippen LogP contribution in [0.4, 0.5) is 0 Å². The Morgan fingerprint density at radius 1 is 1.19 bits per heavy atom. The molecule has 1 aromatic carbocycles. The summed E-state index contributed by atoms with van der Waals surface area (Å²) in [5.74, 6) is 0.806. The van der Waals surface area contributed by atoms with Gasteiger partial charge in [0.05, 0.1) is 19.0 Å². The first kappa shape index (κ1) is 19.9. The Kier molecular flexibility index (Phi) is 6.87. The minimum atomic E-state index is -3.26. The number of aliphatic imine (C=N–C) groups is 1. The summed E-state index contributed by atoms with van der Waals surface area (Å²) in [4.78, 5) is 6.46. The molecule has 2 aliphatic rings. The molecule has 3 rings (SSSR count). The summed E-state index contributed by atoms with van der Waals surface area (Å²) in [6.45, 7) is 3.79. The monoisotopic (exact) mass is 392 g/mol. The van der Waals surface area contributed by atoms with Crippen LogP contribution in [0, 0.1) is 0 Å². The molecule has 0 radical (unpaired) electrons. The molecule has 1 aromatic rings. The second-order valence-electron chi connectivity index (χ2n) is 6.59. The second-order valence-corrected chi connectivity index (χ2v) is 8.68. The number of hydrogen-bond donors (Lipinski definition) is 1. The summed E-state index contributed by atoms with van der Waals surface area (Å²) < 4.78 is 31.5. The van der Waals surface area contributed by atoms with Crippen molar-refractivity contribution in [3.8, 4) is 0 Å². The molecule has 7 nitrogen and oxygen atoms in total. The number of ether oxygens (including phenoxy) is 1. The Morgan fingerprint density at radius 2 is 1.93 bits per heavy atom. The summed E-state index contributed by atoms with van der Waals surface area (Å²) in [5.41, 5.74) is 2.61. The number of rotatable bonds is 5. The van der Waals surface area contributed by atoms with Gasteiger partial charge in [0.1, 0.15) is 0 Å². The molecule has 1 saturated heterocycles. The van der Waals surface area contributed by atoms with E-state index in [0.29, 0.717) is 32.8 Å². The van der Waals surface area contributed by atoms with Crippen LogP contribution < -0.4 is 5.32 Å². The highest BCUT2D eigenvalue weighted by atomic mass is 32.2. The third-order valence-electron chi connectivity index (χ3n) is 4.87. The van der Waals surface area contributed by atoms with Crippen LogP contribution in [0.15, 0.2) is 41.4 Å². The Labute approximate surface area is 161 Å². The van der Waals surface area contributed by atoms with E-state index in [1.807, 2.05) is 6.07 Å². The number of hydrogen-bond acceptors (Lipinski definition) is 4. The normalized spacial score (nSPS) is 19.7. The molecule has 2 heterocycles. The van der Waals surface area contributed by atoms with Crippen molar-refractivity contribution in [3.63, 3.8) is 0 Å². The molecule has 8 heteroatoms. The molecular formula is C19H28N4O3S. The molecule has 148 valence electrons. The third-order valence-corrected chi connectivity index (χ3v) is 6.74. The Hall–Kier alpha value is -1.90. The first-order valence-corrected chi connectivity index (χ1v) is 11.0. The molecule has 0 aromatic heterocycles. The average molecular weight is 393 g/mol. The van der Waals surface area contributed by atoms with Crippen molar-refractivity contribution in [1.82, 2.24) is 14.5 Å². The zero-order valence-corrected chi connectivity index (χ0v) is 16.6. The summed E-state index contributed by atoms with van der Waals surface area (Å²) in [5, 5.41) is 3.20. The van der Waals surface area contributed by atoms with E-state index in [0.717, 1.165) is 25.5 Å². The highest BCUT2D eigenvalue weighted by Crippen LogP contribution is 2.21. The number of nitrogens with one attached hydrogen (secondary N) is 1. The minimum absolute atomic E-state index is 0.0605. The van der Waals surface area contributed by atoms with E-state index < -0.39 is 10.0 Å². The van der Waals surface area contributed by atoms with Gasteiger partial charge >= 0.3 is 0 Å². The molecule has 27 heavy (non-hydrogen) atoms.